The van der Waals surface area contributed by atoms with Crippen LogP contribution in [0.25, 0.3) is 22.1 Å². The molecule has 4 aromatic rings. The van der Waals surface area contributed by atoms with E-state index in [0.29, 0.717) is 16.6 Å². The van der Waals surface area contributed by atoms with Crippen LogP contribution < -0.4 is 11.3 Å². The summed E-state index contributed by atoms with van der Waals surface area (Å²) >= 11 is 9.34. The number of aliphatic hydroxyl groups is 1. The van der Waals surface area contributed by atoms with Crippen LogP contribution in [0.4, 0.5) is 10.2 Å². The monoisotopic (exact) mass is 660 g/mol. The topological polar surface area (TPSA) is 202 Å². The van der Waals surface area contributed by atoms with Gasteiger partial charge in [-0.3, -0.25) is 4.79 Å². The van der Waals surface area contributed by atoms with E-state index >= 15 is 4.39 Å². The van der Waals surface area contributed by atoms with E-state index in [2.05, 4.69) is 32.2 Å². The summed E-state index contributed by atoms with van der Waals surface area (Å²) < 4.78 is 53.7. The van der Waals surface area contributed by atoms with Crippen LogP contribution in [0, 0.1) is 0 Å². The summed E-state index contributed by atoms with van der Waals surface area (Å²) in [5.74, 6) is 0.198. The number of alkyl halides is 1. The van der Waals surface area contributed by atoms with Gasteiger partial charge in [-0.2, -0.15) is 0 Å². The van der Waals surface area contributed by atoms with Crippen LogP contribution >= 0.6 is 26.0 Å². The van der Waals surface area contributed by atoms with Gasteiger partial charge in [0, 0.05) is 12.4 Å². The Bertz CT molecular complexity index is 1760. The minimum atomic E-state index is -3.77. The van der Waals surface area contributed by atoms with Gasteiger partial charge in [-0.15, -0.1) is 4.52 Å². The second kappa shape index (κ2) is 11.6. The quantitative estimate of drug-likeness (QED) is 0.129. The lowest BCUT2D eigenvalue weighted by atomic mass is 10.1. The zero-order valence-corrected chi connectivity index (χ0v) is 24.9. The van der Waals surface area contributed by atoms with Crippen LogP contribution in [0.3, 0.4) is 0 Å². The molecule has 2 saturated heterocycles. The fourth-order valence-corrected chi connectivity index (χ4v) is 8.45. The molecule has 0 saturated carbocycles. The van der Waals surface area contributed by atoms with Gasteiger partial charge in [0.2, 0.25) is 0 Å². The van der Waals surface area contributed by atoms with Crippen LogP contribution in [0.1, 0.15) is 18.9 Å². The number of imidazole rings is 1. The normalized spacial score (nSPS) is 29.8. The number of nitrogens with two attached hydrogens (primary N) is 1. The molecular weight excluding hydrogens is 635 g/mol. The molecule has 2 aliphatic heterocycles. The average molecular weight is 661 g/mol. The van der Waals surface area contributed by atoms with Crippen molar-refractivity contribution in [3.63, 3.8) is 0 Å². The van der Waals surface area contributed by atoms with Gasteiger partial charge >= 0.3 is 7.23 Å². The van der Waals surface area contributed by atoms with Crippen LogP contribution in [-0.4, -0.2) is 82.4 Å². The number of hydrogen-bond acceptors (Lipinski definition) is 12. The number of pyridine rings is 1. The Morgan fingerprint density at radius 2 is 2.10 bits per heavy atom. The van der Waals surface area contributed by atoms with E-state index in [9.17, 15) is 19.4 Å². The molecule has 9 atom stereocenters. The molecule has 0 bridgehead atoms. The largest absolute Gasteiger partial charge is 0.582 e. The Morgan fingerprint density at radius 3 is 2.86 bits per heavy atom. The number of nitrogens with one attached hydrogen (secondary N) is 1. The third-order valence-corrected chi connectivity index (χ3v) is 10.9. The standard InChI is InChI=1S/C22H24FN7O8P2S2/c23-15-17(38-39(33)41)13(37-22(15)29-4-2-11-18(24)26-8-27-19(11)29)7-35-40(34,42)14-5-10(6-31)36-21(14)30-9-28-16-12(30)1-3-25-20(16)32/h1-4,8-10,13-15,17,21-22,31H,5-7H2,(H4-,24,25,26,27,32,33,34,41,42)/p+1/t10-,13+,14+,15-,17+,21+,22+,40?/m0/s1. The summed E-state index contributed by atoms with van der Waals surface area (Å²) in [4.78, 5) is 38.5. The van der Waals surface area contributed by atoms with E-state index in [-0.39, 0.29) is 24.4 Å². The maximum atomic E-state index is 15.8. The van der Waals surface area contributed by atoms with E-state index in [1.54, 1.807) is 16.7 Å². The number of thiol groups is 1. The first-order valence-electron chi connectivity index (χ1n) is 12.6. The van der Waals surface area contributed by atoms with Gasteiger partial charge in [-0.25, -0.2) is 19.3 Å². The number of hydrogen-bond donors (Lipinski definition) is 5. The Morgan fingerprint density at radius 1 is 1.29 bits per heavy atom. The maximum Gasteiger partial charge on any atom is 0.582 e. The number of aromatic nitrogens is 6. The van der Waals surface area contributed by atoms with Crippen LogP contribution in [0.2, 0.25) is 0 Å². The van der Waals surface area contributed by atoms with Crippen molar-refractivity contribution in [1.82, 2.24) is 29.1 Å². The number of halogens is 1. The summed E-state index contributed by atoms with van der Waals surface area (Å²) in [6.07, 6.45) is -1.55. The predicted molar refractivity (Wildman–Crippen MR) is 154 cm³/mol. The zero-order chi connectivity index (χ0) is 29.8. The van der Waals surface area contributed by atoms with Gasteiger partial charge in [0.05, 0.1) is 42.2 Å². The van der Waals surface area contributed by atoms with Crippen molar-refractivity contribution < 1.29 is 37.5 Å². The van der Waals surface area contributed by atoms with Crippen molar-refractivity contribution >= 4 is 65.7 Å². The molecule has 42 heavy (non-hydrogen) atoms. The molecule has 2 unspecified atom stereocenters. The van der Waals surface area contributed by atoms with Crippen molar-refractivity contribution in [3.05, 3.63) is 47.5 Å². The van der Waals surface area contributed by atoms with Crippen molar-refractivity contribution in [2.45, 2.75) is 49.0 Å². The molecule has 0 aromatic carbocycles. The number of aliphatic hydroxyl groups excluding tert-OH is 1. The molecule has 0 aliphatic carbocycles. The molecule has 2 fully saturated rings. The molecule has 6 rings (SSSR count). The molecule has 2 aliphatic rings. The summed E-state index contributed by atoms with van der Waals surface area (Å²) in [5, 5.41) is 10.3. The molecule has 15 nitrogen and oxygen atoms in total. The first kappa shape index (κ1) is 29.7. The molecule has 6 heterocycles. The SMILES string of the molecule is Nc1ncnc2c1ccn2[C@@H]1O[C@H](COP(O)(=S)[C@@H]2C[C@@H](CO)O[C@H]2n2cnc3c(=O)[nH]ccc32)[C@@H](O[P+](=O)S)[C@@H]1F. The number of ether oxygens (including phenoxy) is 2. The lowest BCUT2D eigenvalue weighted by Crippen LogP contribution is -2.33. The van der Waals surface area contributed by atoms with E-state index < -0.39 is 68.5 Å². The highest BCUT2D eigenvalue weighted by atomic mass is 32.7. The van der Waals surface area contributed by atoms with Gasteiger partial charge < -0.3 is 43.8 Å². The Balaban J connectivity index is 1.25. The first-order chi connectivity index (χ1) is 20.1. The Hall–Kier alpha value is -2.37. The highest BCUT2D eigenvalue weighted by Crippen LogP contribution is 2.58. The molecule has 0 spiro atoms. The third kappa shape index (κ3) is 5.30. The molecule has 224 valence electrons. The molecule has 4 aromatic heterocycles. The van der Waals surface area contributed by atoms with Crippen LogP contribution in [0.15, 0.2) is 42.0 Å². The number of nitrogen functional groups attached to an aromatic ring is 1. The van der Waals surface area contributed by atoms with Gasteiger partial charge in [-0.05, 0) is 34.9 Å². The second-order valence-electron chi connectivity index (χ2n) is 9.72. The summed E-state index contributed by atoms with van der Waals surface area (Å²) in [6.45, 7) is -4.55. The molecule has 0 amide bonds. The molecule has 20 heteroatoms. The summed E-state index contributed by atoms with van der Waals surface area (Å²) in [6, 6.07) is 3.23. The van der Waals surface area contributed by atoms with Gasteiger partial charge in [0.25, 0.3) is 5.56 Å². The minimum absolute atomic E-state index is 0.136. The lowest BCUT2D eigenvalue weighted by molar-refractivity contribution is -0.0392. The van der Waals surface area contributed by atoms with Crippen LogP contribution in [0.5, 0.6) is 0 Å². The van der Waals surface area contributed by atoms with Crippen molar-refractivity contribution in [2.75, 3.05) is 18.9 Å². The zero-order valence-electron chi connectivity index (χ0n) is 21.4. The third-order valence-electron chi connectivity index (χ3n) is 7.28. The lowest BCUT2D eigenvalue weighted by Gasteiger charge is -2.28. The average Bonchev–Trinajstić information content (AvgIpc) is 3.73. The van der Waals surface area contributed by atoms with Gasteiger partial charge in [-0.1, -0.05) is 0 Å². The van der Waals surface area contributed by atoms with E-state index in [1.165, 1.54) is 29.6 Å². The van der Waals surface area contributed by atoms with Crippen molar-refractivity contribution in [3.8, 4) is 0 Å². The first-order valence-corrected chi connectivity index (χ1v) is 17.6. The highest BCUT2D eigenvalue weighted by molar-refractivity contribution is 8.39. The fraction of sp³-hybridized carbons (Fsp3) is 0.455. The van der Waals surface area contributed by atoms with Crippen LogP contribution in [-0.2, 0) is 34.9 Å². The number of H-pyrrole nitrogens is 1. The molecular formula is C22H25FN7O8P2S2+. The van der Waals surface area contributed by atoms with E-state index in [1.807, 2.05) is 0 Å². The minimum Gasteiger partial charge on any atom is -0.394 e. The number of rotatable bonds is 9. The number of aromatic amines is 1. The summed E-state index contributed by atoms with van der Waals surface area (Å²) in [5.41, 5.74) is 5.55. The van der Waals surface area contributed by atoms with E-state index in [4.69, 9.17) is 36.1 Å². The maximum absolute atomic E-state index is 15.8. The number of nitrogens with zero attached hydrogens (tertiary/aromatic N) is 5. The number of fused-ring (bicyclic) bond motifs is 2. The van der Waals surface area contributed by atoms with Gasteiger partial charge in [0.15, 0.2) is 30.5 Å². The second-order valence-corrected chi connectivity index (χ2v) is 15.0. The summed E-state index contributed by atoms with van der Waals surface area (Å²) in [7, 11) is -2.54. The number of anilines is 1. The molecule has 0 radical (unpaired) electrons. The molecule has 5 N–H and O–H groups in total. The predicted octanol–water partition coefficient (Wildman–Crippen LogP) is 1.93. The van der Waals surface area contributed by atoms with Crippen molar-refractivity contribution in [2.24, 2.45) is 0 Å². The fourth-order valence-electron chi connectivity index (χ4n) is 5.32. The smallest absolute Gasteiger partial charge is 0.394 e. The highest BCUT2D eigenvalue weighted by Gasteiger charge is 2.53. The Labute approximate surface area is 247 Å². The van der Waals surface area contributed by atoms with Gasteiger partial charge in [0.1, 0.15) is 42.4 Å². The Kier molecular flexibility index (Phi) is 8.21. The van der Waals surface area contributed by atoms with E-state index in [0.717, 1.165) is 0 Å². The van der Waals surface area contributed by atoms with Crippen molar-refractivity contribution in [1.29, 1.82) is 0 Å².